The van der Waals surface area contributed by atoms with Gasteiger partial charge in [0.1, 0.15) is 12.7 Å². The number of amides is 2. The first-order chi connectivity index (χ1) is 23.4. The molecule has 2 aliphatic rings. The minimum Gasteiger partial charge on any atom is -0.463 e. The summed E-state index contributed by atoms with van der Waals surface area (Å²) in [6.07, 6.45) is -6.75. The Hall–Kier alpha value is -5.76. The number of esters is 4. The molecule has 0 unspecified atom stereocenters. The Kier molecular flexibility index (Phi) is 7.62. The molecule has 14 heteroatoms. The van der Waals surface area contributed by atoms with Crippen LogP contribution < -0.4 is 0 Å². The monoisotopic (exact) mass is 669 g/mol. The highest BCUT2D eigenvalue weighted by atomic mass is 16.7. The van der Waals surface area contributed by atoms with E-state index < -0.39 is 72.9 Å². The maximum Gasteiger partial charge on any atom is 0.303 e. The quantitative estimate of drug-likeness (QED) is 0.158. The Balaban J connectivity index is 1.61. The van der Waals surface area contributed by atoms with Crippen LogP contribution in [-0.4, -0.2) is 88.2 Å². The number of rotatable bonds is 6. The standard InChI is InChI=1S/C35H31N3O11/c1-15(39)45-14-23-30(46-16(2)40)31(47-17(3)41)32(48-18(4)42)35(49-23)38-22-13-9-7-11-20(22)25-27-26(33(43)37(5)34(27)44)24-19-10-6-8-12-21(19)36-28(24)29(25)38/h6-13,23,30-32,35-36H,14H2,1-5H3/t23-,30-,31+,32-,35-/m1/s1. The van der Waals surface area contributed by atoms with Gasteiger partial charge >= 0.3 is 23.9 Å². The summed E-state index contributed by atoms with van der Waals surface area (Å²) in [5, 5.41) is 2.24. The first kappa shape index (κ1) is 31.8. The summed E-state index contributed by atoms with van der Waals surface area (Å²) in [4.78, 5) is 81.7. The molecule has 2 aromatic heterocycles. The Morgan fingerprint density at radius 3 is 1.96 bits per heavy atom. The maximum absolute atomic E-state index is 13.9. The molecule has 0 bridgehead atoms. The maximum atomic E-state index is 13.9. The van der Waals surface area contributed by atoms with E-state index in [1.807, 2.05) is 24.3 Å². The molecule has 4 heterocycles. The number of ether oxygens (including phenoxy) is 5. The van der Waals surface area contributed by atoms with Crippen molar-refractivity contribution in [1.29, 1.82) is 0 Å². The lowest BCUT2D eigenvalue weighted by molar-refractivity contribution is -0.267. The van der Waals surface area contributed by atoms with E-state index in [-0.39, 0.29) is 11.1 Å². The second-order valence-corrected chi connectivity index (χ2v) is 12.0. The first-order valence-corrected chi connectivity index (χ1v) is 15.5. The number of hydrogen-bond donors (Lipinski definition) is 1. The van der Waals surface area contributed by atoms with Gasteiger partial charge in [-0.2, -0.15) is 0 Å². The van der Waals surface area contributed by atoms with Gasteiger partial charge in [-0.15, -0.1) is 0 Å². The lowest BCUT2D eigenvalue weighted by Crippen LogP contribution is -2.60. The summed E-state index contributed by atoms with van der Waals surface area (Å²) in [5.41, 5.74) is 2.58. The number of aromatic nitrogens is 2. The van der Waals surface area contributed by atoms with Crippen LogP contribution in [0.25, 0.3) is 43.6 Å². The number of imide groups is 1. The van der Waals surface area contributed by atoms with Crippen LogP contribution in [0.4, 0.5) is 0 Å². The summed E-state index contributed by atoms with van der Waals surface area (Å²) in [6, 6.07) is 14.5. The zero-order chi connectivity index (χ0) is 34.9. The third-order valence-corrected chi connectivity index (χ3v) is 8.86. The van der Waals surface area contributed by atoms with Crippen molar-refractivity contribution in [2.24, 2.45) is 0 Å². The van der Waals surface area contributed by atoms with Gasteiger partial charge in [-0.25, -0.2) is 0 Å². The minimum atomic E-state index is -1.43. The van der Waals surface area contributed by atoms with Crippen molar-refractivity contribution in [3.05, 3.63) is 59.7 Å². The highest BCUT2D eigenvalue weighted by Crippen LogP contribution is 2.47. The van der Waals surface area contributed by atoms with E-state index in [0.29, 0.717) is 43.6 Å². The van der Waals surface area contributed by atoms with Crippen LogP contribution in [0.15, 0.2) is 48.5 Å². The van der Waals surface area contributed by atoms with Gasteiger partial charge in [-0.05, 0) is 12.1 Å². The van der Waals surface area contributed by atoms with E-state index in [0.717, 1.165) is 18.7 Å². The molecule has 1 fully saturated rings. The number of para-hydroxylation sites is 2. The molecule has 2 aliphatic heterocycles. The number of aromatic amines is 1. The van der Waals surface area contributed by atoms with Gasteiger partial charge in [0.15, 0.2) is 24.5 Å². The Bertz CT molecular complexity index is 2270. The van der Waals surface area contributed by atoms with Crippen molar-refractivity contribution in [2.45, 2.75) is 58.3 Å². The smallest absolute Gasteiger partial charge is 0.303 e. The average Bonchev–Trinajstić information content (AvgIpc) is 3.66. The van der Waals surface area contributed by atoms with Gasteiger partial charge in [0, 0.05) is 61.8 Å². The number of nitrogens with one attached hydrogen (secondary N) is 1. The molecule has 49 heavy (non-hydrogen) atoms. The SMILES string of the molecule is CC(=O)OC[C@H]1O[C@@H](n2c3ccccc3c3c4c(c5c6ccccc6[nH]c5c32)C(=O)N(C)C4=O)[C@H](OC(C)=O)[C@@H](OC(C)=O)[C@@H]1OC(C)=O. The lowest BCUT2D eigenvalue weighted by Gasteiger charge is -2.45. The molecule has 2 amide bonds. The average molecular weight is 670 g/mol. The van der Waals surface area contributed by atoms with E-state index >= 15 is 0 Å². The molecule has 252 valence electrons. The van der Waals surface area contributed by atoms with Gasteiger partial charge in [0.25, 0.3) is 11.8 Å². The number of H-pyrrole nitrogens is 1. The molecule has 1 N–H and O–H groups in total. The highest BCUT2D eigenvalue weighted by Gasteiger charge is 2.54. The summed E-state index contributed by atoms with van der Waals surface area (Å²) in [7, 11) is 1.43. The van der Waals surface area contributed by atoms with Crippen molar-refractivity contribution in [2.75, 3.05) is 13.7 Å². The summed E-state index contributed by atoms with van der Waals surface area (Å²) in [6.45, 7) is 4.25. The molecule has 0 radical (unpaired) electrons. The second-order valence-electron chi connectivity index (χ2n) is 12.0. The summed E-state index contributed by atoms with van der Waals surface area (Å²) >= 11 is 0. The van der Waals surface area contributed by atoms with Crippen molar-refractivity contribution in [1.82, 2.24) is 14.5 Å². The number of hydrogen-bond acceptors (Lipinski definition) is 11. The van der Waals surface area contributed by atoms with Crippen LogP contribution in [0.3, 0.4) is 0 Å². The molecular weight excluding hydrogens is 638 g/mol. The minimum absolute atomic E-state index is 0.195. The van der Waals surface area contributed by atoms with Gasteiger partial charge in [0.2, 0.25) is 0 Å². The van der Waals surface area contributed by atoms with Crippen LogP contribution in [0.2, 0.25) is 0 Å². The third kappa shape index (κ3) is 4.98. The van der Waals surface area contributed by atoms with Crippen molar-refractivity contribution in [3.63, 3.8) is 0 Å². The Labute approximate surface area is 277 Å². The molecule has 7 rings (SSSR count). The van der Waals surface area contributed by atoms with Gasteiger partial charge in [-0.3, -0.25) is 33.7 Å². The molecule has 1 saturated heterocycles. The van der Waals surface area contributed by atoms with Crippen molar-refractivity contribution in [3.8, 4) is 0 Å². The topological polar surface area (TPSA) is 173 Å². The molecule has 0 saturated carbocycles. The molecule has 3 aromatic carbocycles. The zero-order valence-electron chi connectivity index (χ0n) is 27.1. The summed E-state index contributed by atoms with van der Waals surface area (Å²) in [5.74, 6) is -3.88. The first-order valence-electron chi connectivity index (χ1n) is 15.5. The molecule has 0 aliphatic carbocycles. The predicted octanol–water partition coefficient (Wildman–Crippen LogP) is 3.91. The van der Waals surface area contributed by atoms with E-state index in [4.69, 9.17) is 23.7 Å². The fourth-order valence-corrected chi connectivity index (χ4v) is 7.12. The number of fused-ring (bicyclic) bond motifs is 10. The van der Waals surface area contributed by atoms with E-state index in [2.05, 4.69) is 4.98 Å². The molecular formula is C35H31N3O11. The van der Waals surface area contributed by atoms with Crippen molar-refractivity contribution < 1.29 is 52.5 Å². The molecule has 5 aromatic rings. The molecule has 0 spiro atoms. The van der Waals surface area contributed by atoms with Crippen LogP contribution in [0, 0.1) is 0 Å². The Morgan fingerprint density at radius 1 is 0.735 bits per heavy atom. The van der Waals surface area contributed by atoms with E-state index in [1.165, 1.54) is 20.9 Å². The van der Waals surface area contributed by atoms with Gasteiger partial charge < -0.3 is 33.2 Å². The zero-order valence-corrected chi connectivity index (χ0v) is 27.1. The summed E-state index contributed by atoms with van der Waals surface area (Å²) < 4.78 is 30.8. The van der Waals surface area contributed by atoms with Gasteiger partial charge in [0.05, 0.1) is 27.7 Å². The van der Waals surface area contributed by atoms with Crippen LogP contribution in [-0.2, 0) is 42.9 Å². The molecule has 14 nitrogen and oxygen atoms in total. The van der Waals surface area contributed by atoms with Crippen LogP contribution in [0.5, 0.6) is 0 Å². The fraction of sp³-hybridized carbons (Fsp3) is 0.314. The van der Waals surface area contributed by atoms with E-state index in [9.17, 15) is 28.8 Å². The van der Waals surface area contributed by atoms with Crippen molar-refractivity contribution >= 4 is 79.3 Å². The number of carbonyl (C=O) groups is 6. The fourth-order valence-electron chi connectivity index (χ4n) is 7.12. The number of carbonyl (C=O) groups excluding carboxylic acids is 6. The lowest BCUT2D eigenvalue weighted by atomic mass is 9.96. The second kappa shape index (κ2) is 11.7. The van der Waals surface area contributed by atoms with Gasteiger partial charge in [-0.1, -0.05) is 36.4 Å². The van der Waals surface area contributed by atoms with Crippen LogP contribution >= 0.6 is 0 Å². The largest absolute Gasteiger partial charge is 0.463 e. The third-order valence-electron chi connectivity index (χ3n) is 8.86. The Morgan fingerprint density at radius 2 is 1.31 bits per heavy atom. The number of nitrogens with zero attached hydrogens (tertiary/aromatic N) is 2. The normalized spacial score (nSPS) is 22.1. The number of benzene rings is 3. The predicted molar refractivity (Wildman–Crippen MR) is 172 cm³/mol. The van der Waals surface area contributed by atoms with E-state index in [1.54, 1.807) is 28.8 Å². The molecule has 5 atom stereocenters. The van der Waals surface area contributed by atoms with Crippen LogP contribution in [0.1, 0.15) is 54.6 Å². The highest BCUT2D eigenvalue weighted by molar-refractivity contribution is 6.39.